The molecular formula is C26H29ClF5NO4S. The van der Waals surface area contributed by atoms with E-state index in [0.29, 0.717) is 14.9 Å². The number of halogens is 6. The highest BCUT2D eigenvalue weighted by molar-refractivity contribution is 7.90. The van der Waals surface area contributed by atoms with Gasteiger partial charge in [-0.05, 0) is 87.9 Å². The Morgan fingerprint density at radius 2 is 1.68 bits per heavy atom. The smallest absolute Gasteiger partial charge is 0.460 e. The number of rotatable bonds is 9. The van der Waals surface area contributed by atoms with E-state index in [0.717, 1.165) is 18.2 Å². The van der Waals surface area contributed by atoms with Crippen LogP contribution < -0.4 is 0 Å². The number of ether oxygens (including phenoxy) is 1. The van der Waals surface area contributed by atoms with Crippen LogP contribution in [0.25, 0.3) is 0 Å². The molecule has 0 unspecified atom stereocenters. The van der Waals surface area contributed by atoms with Crippen LogP contribution in [0.15, 0.2) is 42.5 Å². The molecule has 2 aromatic carbocycles. The van der Waals surface area contributed by atoms with Crippen LogP contribution in [0.5, 0.6) is 0 Å². The third kappa shape index (κ3) is 7.04. The Kier molecular flexibility index (Phi) is 8.85. The van der Waals surface area contributed by atoms with Crippen LogP contribution in [0, 0.1) is 11.6 Å². The van der Waals surface area contributed by atoms with Crippen molar-refractivity contribution in [2.45, 2.75) is 75.4 Å². The Balaban J connectivity index is 1.89. The number of esters is 1. The van der Waals surface area contributed by atoms with Gasteiger partial charge in [-0.15, -0.1) is 0 Å². The maximum atomic E-state index is 14.9. The standard InChI is InChI=1S/C26H29ClF5NO4S/c1-24(2,3)37-23(34)5-4-12-33(38(35,36)26(30,31)32)20-15-25(16-20,14-17-6-8-18(27)9-7-17)21-13-19(28)10-11-22(21)29/h6-11,13,20H,4-5,12,14-16H2,1-3H3. The highest BCUT2D eigenvalue weighted by Gasteiger charge is 2.57. The Bertz CT molecular complexity index is 1250. The monoisotopic (exact) mass is 581 g/mol. The van der Waals surface area contributed by atoms with Crippen LogP contribution >= 0.6 is 11.6 Å². The molecular weight excluding hydrogens is 553 g/mol. The lowest BCUT2D eigenvalue weighted by Crippen LogP contribution is -2.58. The number of carbonyl (C=O) groups is 1. The number of carbonyl (C=O) groups excluding carboxylic acids is 1. The van der Waals surface area contributed by atoms with E-state index < -0.39 is 56.7 Å². The Hall–Kier alpha value is -2.24. The number of sulfonamides is 1. The van der Waals surface area contributed by atoms with Crippen molar-refractivity contribution in [1.82, 2.24) is 4.31 Å². The maximum absolute atomic E-state index is 14.9. The number of hydrogen-bond donors (Lipinski definition) is 0. The third-order valence-electron chi connectivity index (χ3n) is 6.40. The lowest BCUT2D eigenvalue weighted by Gasteiger charge is -2.52. The zero-order valence-electron chi connectivity index (χ0n) is 21.1. The fourth-order valence-electron chi connectivity index (χ4n) is 4.81. The highest BCUT2D eigenvalue weighted by Crippen LogP contribution is 2.51. The second-order valence-corrected chi connectivity index (χ2v) is 12.8. The van der Waals surface area contributed by atoms with Crippen molar-refractivity contribution in [2.75, 3.05) is 6.54 Å². The largest absolute Gasteiger partial charge is 0.511 e. The molecule has 0 atom stereocenters. The Morgan fingerprint density at radius 1 is 1.08 bits per heavy atom. The van der Waals surface area contributed by atoms with Gasteiger partial charge in [0.25, 0.3) is 0 Å². The van der Waals surface area contributed by atoms with Gasteiger partial charge in [-0.2, -0.15) is 17.5 Å². The van der Waals surface area contributed by atoms with Gasteiger partial charge in [0.1, 0.15) is 17.2 Å². The molecule has 0 heterocycles. The molecule has 38 heavy (non-hydrogen) atoms. The minimum Gasteiger partial charge on any atom is -0.460 e. The van der Waals surface area contributed by atoms with Crippen LogP contribution in [-0.2, 0) is 31.4 Å². The van der Waals surface area contributed by atoms with E-state index in [1.54, 1.807) is 45.0 Å². The molecule has 1 fully saturated rings. The van der Waals surface area contributed by atoms with Gasteiger partial charge in [0.2, 0.25) is 0 Å². The summed E-state index contributed by atoms with van der Waals surface area (Å²) >= 11 is 5.94. The molecule has 210 valence electrons. The molecule has 0 radical (unpaired) electrons. The second kappa shape index (κ2) is 11.1. The molecule has 0 spiro atoms. The predicted molar refractivity (Wildman–Crippen MR) is 133 cm³/mol. The lowest BCUT2D eigenvalue weighted by molar-refractivity contribution is -0.155. The van der Waals surface area contributed by atoms with Crippen molar-refractivity contribution < 1.29 is 39.9 Å². The quantitative estimate of drug-likeness (QED) is 0.249. The van der Waals surface area contributed by atoms with Crippen LogP contribution in [0.3, 0.4) is 0 Å². The van der Waals surface area contributed by atoms with Crippen molar-refractivity contribution in [1.29, 1.82) is 0 Å². The van der Waals surface area contributed by atoms with Crippen LogP contribution in [0.2, 0.25) is 5.02 Å². The van der Waals surface area contributed by atoms with Gasteiger partial charge in [-0.1, -0.05) is 23.7 Å². The van der Waals surface area contributed by atoms with Crippen molar-refractivity contribution >= 4 is 27.6 Å². The van der Waals surface area contributed by atoms with Crippen molar-refractivity contribution in [2.24, 2.45) is 0 Å². The second-order valence-electron chi connectivity index (χ2n) is 10.5. The van der Waals surface area contributed by atoms with Crippen molar-refractivity contribution in [3.63, 3.8) is 0 Å². The summed E-state index contributed by atoms with van der Waals surface area (Å²) in [7, 11) is -5.76. The van der Waals surface area contributed by atoms with Gasteiger partial charge in [-0.3, -0.25) is 4.79 Å². The van der Waals surface area contributed by atoms with Gasteiger partial charge >= 0.3 is 21.5 Å². The number of alkyl halides is 3. The maximum Gasteiger partial charge on any atom is 0.511 e. The number of nitrogens with zero attached hydrogens (tertiary/aromatic N) is 1. The zero-order chi connectivity index (χ0) is 28.5. The van der Waals surface area contributed by atoms with E-state index in [1.165, 1.54) is 0 Å². The lowest BCUT2D eigenvalue weighted by atomic mass is 9.58. The summed E-state index contributed by atoms with van der Waals surface area (Å²) in [5.74, 6) is -2.14. The first kappa shape index (κ1) is 30.3. The van der Waals surface area contributed by atoms with E-state index >= 15 is 0 Å². The summed E-state index contributed by atoms with van der Waals surface area (Å²) in [6.45, 7) is 4.30. The summed E-state index contributed by atoms with van der Waals surface area (Å²) in [5, 5.41) is 0.443. The van der Waals surface area contributed by atoms with E-state index in [-0.39, 0.29) is 37.7 Å². The van der Waals surface area contributed by atoms with Crippen LogP contribution in [-0.4, -0.2) is 42.4 Å². The SMILES string of the molecule is CC(C)(C)OC(=O)CCCN(C1CC(Cc2ccc(Cl)cc2)(c2cc(F)ccc2F)C1)S(=O)(=O)C(F)(F)F. The molecule has 1 aliphatic carbocycles. The van der Waals surface area contributed by atoms with Gasteiger partial charge in [0, 0.05) is 29.4 Å². The molecule has 0 amide bonds. The molecule has 0 saturated heterocycles. The third-order valence-corrected chi connectivity index (χ3v) is 8.33. The molecule has 1 aliphatic rings. The fourth-order valence-corrected chi connectivity index (χ4v) is 6.11. The first-order valence-electron chi connectivity index (χ1n) is 11.9. The van der Waals surface area contributed by atoms with Crippen molar-refractivity contribution in [3.8, 4) is 0 Å². The van der Waals surface area contributed by atoms with E-state index in [4.69, 9.17) is 16.3 Å². The summed E-state index contributed by atoms with van der Waals surface area (Å²) in [6.07, 6.45) is -0.740. The Morgan fingerprint density at radius 3 is 2.24 bits per heavy atom. The van der Waals surface area contributed by atoms with Gasteiger partial charge in [-0.25, -0.2) is 17.2 Å². The number of hydrogen-bond acceptors (Lipinski definition) is 4. The molecule has 0 bridgehead atoms. The molecule has 5 nitrogen and oxygen atoms in total. The summed E-state index contributed by atoms with van der Waals surface area (Å²) in [6, 6.07) is 8.25. The first-order chi connectivity index (χ1) is 17.4. The molecule has 0 N–H and O–H groups in total. The number of benzene rings is 2. The van der Waals surface area contributed by atoms with Crippen LogP contribution in [0.1, 0.15) is 57.6 Å². The summed E-state index contributed by atoms with van der Waals surface area (Å²) < 4.78 is 100. The van der Waals surface area contributed by atoms with E-state index in [2.05, 4.69) is 0 Å². The van der Waals surface area contributed by atoms with E-state index in [1.807, 2.05) is 0 Å². The molecule has 2 aromatic rings. The van der Waals surface area contributed by atoms with Crippen molar-refractivity contribution in [3.05, 3.63) is 70.2 Å². The topological polar surface area (TPSA) is 63.7 Å². The minimum atomic E-state index is -5.76. The average molecular weight is 582 g/mol. The predicted octanol–water partition coefficient (Wildman–Crippen LogP) is 6.53. The first-order valence-corrected chi connectivity index (χ1v) is 13.8. The van der Waals surface area contributed by atoms with Crippen LogP contribution in [0.4, 0.5) is 22.0 Å². The zero-order valence-corrected chi connectivity index (χ0v) is 22.7. The summed E-state index contributed by atoms with van der Waals surface area (Å²) in [5.41, 5.74) is -6.90. The Labute approximate surface area is 224 Å². The summed E-state index contributed by atoms with van der Waals surface area (Å²) in [4.78, 5) is 12.0. The molecule has 1 saturated carbocycles. The van der Waals surface area contributed by atoms with E-state index in [9.17, 15) is 35.2 Å². The minimum absolute atomic E-state index is 0.0400. The highest BCUT2D eigenvalue weighted by atomic mass is 35.5. The molecule has 3 rings (SSSR count). The molecule has 12 heteroatoms. The van der Waals surface area contributed by atoms with Gasteiger partial charge < -0.3 is 4.74 Å². The molecule has 0 aliphatic heterocycles. The fraction of sp³-hybridized carbons (Fsp3) is 0.500. The van der Waals surface area contributed by atoms with Gasteiger partial charge in [0.15, 0.2) is 0 Å². The average Bonchev–Trinajstić information content (AvgIpc) is 2.75. The molecule has 0 aromatic heterocycles. The normalized spacial score (nSPS) is 20.3. The van der Waals surface area contributed by atoms with Gasteiger partial charge in [0.05, 0.1) is 0 Å².